The first-order chi connectivity index (χ1) is 12.2. The Morgan fingerprint density at radius 1 is 1.35 bits per heavy atom. The largest absolute Gasteiger partial charge is 0.491 e. The van der Waals surface area contributed by atoms with Gasteiger partial charge in [-0.1, -0.05) is 0 Å². The number of benzene rings is 1. The van der Waals surface area contributed by atoms with Crippen molar-refractivity contribution in [2.45, 2.75) is 25.6 Å². The van der Waals surface area contributed by atoms with E-state index in [-0.39, 0.29) is 31.3 Å². The van der Waals surface area contributed by atoms with Gasteiger partial charge in [0, 0.05) is 25.2 Å². The minimum Gasteiger partial charge on any atom is -0.491 e. The Balaban J connectivity index is 2.43. The Kier molecular flexibility index (Phi) is 8.62. The molecule has 1 atom stereocenters. The number of hydrogen-bond donors (Lipinski definition) is 3. The fourth-order valence-corrected chi connectivity index (χ4v) is 1.77. The second kappa shape index (κ2) is 10.4. The third-order valence-corrected chi connectivity index (χ3v) is 3.00. The van der Waals surface area contributed by atoms with E-state index in [1.807, 2.05) is 0 Å². The van der Waals surface area contributed by atoms with Crippen LogP contribution in [0.15, 0.2) is 29.3 Å². The first kappa shape index (κ1) is 21.5. The minimum absolute atomic E-state index is 0.0808. The molecule has 0 amide bonds. The number of alkyl halides is 3. The summed E-state index contributed by atoms with van der Waals surface area (Å²) in [7, 11) is 0. The molecule has 1 aromatic rings. The van der Waals surface area contributed by atoms with Crippen LogP contribution in [0.25, 0.3) is 0 Å². The van der Waals surface area contributed by atoms with Gasteiger partial charge in [0.05, 0.1) is 17.9 Å². The van der Waals surface area contributed by atoms with Crippen LogP contribution in [0.1, 0.15) is 13.3 Å². The number of aliphatic hydroxyl groups excluding tert-OH is 1. The van der Waals surface area contributed by atoms with Crippen LogP contribution >= 0.6 is 0 Å². The third-order valence-electron chi connectivity index (χ3n) is 3.00. The average molecular weight is 378 g/mol. The Labute approximate surface area is 148 Å². The van der Waals surface area contributed by atoms with E-state index < -0.39 is 23.6 Å². The van der Waals surface area contributed by atoms with Gasteiger partial charge in [0.25, 0.3) is 5.69 Å². The predicted octanol–water partition coefficient (Wildman–Crippen LogP) is 1.84. The minimum atomic E-state index is -4.26. The van der Waals surface area contributed by atoms with Crippen molar-refractivity contribution in [2.24, 2.45) is 4.99 Å². The lowest BCUT2D eigenvalue weighted by Gasteiger charge is -2.14. The normalized spacial score (nSPS) is 13.2. The van der Waals surface area contributed by atoms with Gasteiger partial charge in [0.15, 0.2) is 5.96 Å². The van der Waals surface area contributed by atoms with Gasteiger partial charge in [-0.3, -0.25) is 15.1 Å². The summed E-state index contributed by atoms with van der Waals surface area (Å²) in [6.07, 6.45) is -6.26. The van der Waals surface area contributed by atoms with E-state index in [9.17, 15) is 28.4 Å². The van der Waals surface area contributed by atoms with Crippen LogP contribution in [0.3, 0.4) is 0 Å². The van der Waals surface area contributed by atoms with Crippen LogP contribution in [0.4, 0.5) is 18.9 Å². The fraction of sp³-hybridized carbons (Fsp3) is 0.533. The van der Waals surface area contributed by atoms with Gasteiger partial charge in [-0.25, -0.2) is 0 Å². The second-order valence-corrected chi connectivity index (χ2v) is 5.23. The van der Waals surface area contributed by atoms with Gasteiger partial charge in [-0.05, 0) is 19.1 Å². The fourth-order valence-electron chi connectivity index (χ4n) is 1.77. The number of rotatable bonds is 9. The van der Waals surface area contributed by atoms with Crippen LogP contribution in [0.5, 0.6) is 5.75 Å². The van der Waals surface area contributed by atoms with E-state index in [1.165, 1.54) is 24.3 Å². The molecule has 0 bridgehead atoms. The van der Waals surface area contributed by atoms with Crippen molar-refractivity contribution in [3.8, 4) is 5.75 Å². The molecule has 0 radical (unpaired) electrons. The number of ether oxygens (including phenoxy) is 1. The summed E-state index contributed by atoms with van der Waals surface area (Å²) in [5, 5.41) is 25.7. The Morgan fingerprint density at radius 3 is 2.54 bits per heavy atom. The van der Waals surface area contributed by atoms with E-state index in [4.69, 9.17) is 4.74 Å². The van der Waals surface area contributed by atoms with Crippen molar-refractivity contribution in [1.82, 2.24) is 10.6 Å². The smallest absolute Gasteiger partial charge is 0.390 e. The molecule has 1 aromatic carbocycles. The number of nitrogens with zero attached hydrogens (tertiary/aromatic N) is 2. The molecule has 0 aliphatic carbocycles. The molecule has 1 rings (SSSR count). The van der Waals surface area contributed by atoms with Crippen LogP contribution in [0, 0.1) is 10.1 Å². The quantitative estimate of drug-likeness (QED) is 0.262. The SMILES string of the molecule is CCNC(=NCC(O)COc1ccc([N+](=O)[O-])cc1)NCCC(F)(F)F. The van der Waals surface area contributed by atoms with Gasteiger partial charge in [-0.15, -0.1) is 0 Å². The predicted molar refractivity (Wildman–Crippen MR) is 89.3 cm³/mol. The number of nitrogens with one attached hydrogen (secondary N) is 2. The molecule has 0 saturated heterocycles. The summed E-state index contributed by atoms with van der Waals surface area (Å²) in [6, 6.07) is 5.34. The number of nitro benzene ring substituents is 1. The third kappa shape index (κ3) is 9.06. The first-order valence-electron chi connectivity index (χ1n) is 7.85. The maximum absolute atomic E-state index is 12.1. The van der Waals surface area contributed by atoms with Crippen LogP contribution in [0.2, 0.25) is 0 Å². The molecule has 8 nitrogen and oxygen atoms in total. The molecule has 0 heterocycles. The highest BCUT2D eigenvalue weighted by molar-refractivity contribution is 5.79. The lowest BCUT2D eigenvalue weighted by atomic mass is 10.3. The summed E-state index contributed by atoms with van der Waals surface area (Å²) in [5.41, 5.74) is -0.0808. The highest BCUT2D eigenvalue weighted by Gasteiger charge is 2.26. The van der Waals surface area contributed by atoms with E-state index in [2.05, 4.69) is 15.6 Å². The van der Waals surface area contributed by atoms with Crippen LogP contribution < -0.4 is 15.4 Å². The van der Waals surface area contributed by atoms with Crippen molar-refractivity contribution in [3.63, 3.8) is 0 Å². The zero-order chi connectivity index (χ0) is 19.6. The number of guanidine groups is 1. The van der Waals surface area contributed by atoms with Gasteiger partial charge in [-0.2, -0.15) is 13.2 Å². The van der Waals surface area contributed by atoms with Crippen LogP contribution in [-0.2, 0) is 0 Å². The number of non-ortho nitro benzene ring substituents is 1. The summed E-state index contributed by atoms with van der Waals surface area (Å²) < 4.78 is 41.7. The lowest BCUT2D eigenvalue weighted by Crippen LogP contribution is -2.39. The van der Waals surface area contributed by atoms with Gasteiger partial charge >= 0.3 is 6.18 Å². The number of aliphatic hydroxyl groups is 1. The van der Waals surface area contributed by atoms with Gasteiger partial charge in [0.2, 0.25) is 0 Å². The number of hydrogen-bond acceptors (Lipinski definition) is 5. The molecule has 0 spiro atoms. The molecule has 3 N–H and O–H groups in total. The van der Waals surface area contributed by atoms with Crippen molar-refractivity contribution >= 4 is 11.6 Å². The monoisotopic (exact) mass is 378 g/mol. The number of nitro groups is 1. The molecule has 26 heavy (non-hydrogen) atoms. The van der Waals surface area contributed by atoms with Crippen molar-refractivity contribution in [1.29, 1.82) is 0 Å². The Bertz CT molecular complexity index is 594. The molecule has 0 aliphatic heterocycles. The van der Waals surface area contributed by atoms with Crippen molar-refractivity contribution in [2.75, 3.05) is 26.2 Å². The summed E-state index contributed by atoms with van der Waals surface area (Å²) >= 11 is 0. The Hall–Kier alpha value is -2.56. The Morgan fingerprint density at radius 2 is 2.00 bits per heavy atom. The molecule has 11 heteroatoms. The molecular weight excluding hydrogens is 357 g/mol. The number of aliphatic imine (C=N–C) groups is 1. The van der Waals surface area contributed by atoms with E-state index in [1.54, 1.807) is 6.92 Å². The maximum Gasteiger partial charge on any atom is 0.390 e. The van der Waals surface area contributed by atoms with Gasteiger partial charge in [0.1, 0.15) is 18.5 Å². The summed E-state index contributed by atoms with van der Waals surface area (Å²) in [5.74, 6) is 0.500. The van der Waals surface area contributed by atoms with Gasteiger partial charge < -0.3 is 20.5 Å². The number of halogens is 3. The molecule has 0 aromatic heterocycles. The maximum atomic E-state index is 12.1. The standard InChI is InChI=1S/C15H21F3N4O4/c1-2-19-14(20-8-7-15(16,17)18)21-9-12(23)10-26-13-5-3-11(4-6-13)22(24)25/h3-6,12,23H,2,7-10H2,1H3,(H2,19,20,21). The zero-order valence-electron chi connectivity index (χ0n) is 14.1. The molecule has 0 aliphatic rings. The first-order valence-corrected chi connectivity index (χ1v) is 7.85. The van der Waals surface area contributed by atoms with Crippen molar-refractivity contribution in [3.05, 3.63) is 34.4 Å². The van der Waals surface area contributed by atoms with E-state index in [0.29, 0.717) is 12.3 Å². The molecule has 0 fully saturated rings. The lowest BCUT2D eigenvalue weighted by molar-refractivity contribution is -0.384. The van der Waals surface area contributed by atoms with E-state index >= 15 is 0 Å². The topological polar surface area (TPSA) is 109 Å². The van der Waals surface area contributed by atoms with E-state index in [0.717, 1.165) is 0 Å². The highest BCUT2D eigenvalue weighted by atomic mass is 19.4. The average Bonchev–Trinajstić information content (AvgIpc) is 2.57. The molecule has 0 saturated carbocycles. The second-order valence-electron chi connectivity index (χ2n) is 5.23. The van der Waals surface area contributed by atoms with Crippen LogP contribution in [-0.4, -0.2) is 54.5 Å². The highest BCUT2D eigenvalue weighted by Crippen LogP contribution is 2.18. The van der Waals surface area contributed by atoms with Crippen molar-refractivity contribution < 1.29 is 27.9 Å². The zero-order valence-corrected chi connectivity index (χ0v) is 14.1. The summed E-state index contributed by atoms with van der Waals surface area (Å²) in [6.45, 7) is 1.67. The molecular formula is C15H21F3N4O4. The molecule has 1 unspecified atom stereocenters. The molecule has 146 valence electrons. The summed E-state index contributed by atoms with van der Waals surface area (Å²) in [4.78, 5) is 14.0.